The molecule has 2 aromatic heterocycles. The predicted molar refractivity (Wildman–Crippen MR) is 82.6 cm³/mol. The van der Waals surface area contributed by atoms with E-state index in [9.17, 15) is 14.0 Å². The van der Waals surface area contributed by atoms with E-state index in [1.54, 1.807) is 32.3 Å². The van der Waals surface area contributed by atoms with Crippen LogP contribution in [-0.4, -0.2) is 18.7 Å². The Balaban J connectivity index is 0.000000211. The summed E-state index contributed by atoms with van der Waals surface area (Å²) in [5, 5.41) is 0.184. The van der Waals surface area contributed by atoms with Crippen LogP contribution in [0.3, 0.4) is 0 Å². The van der Waals surface area contributed by atoms with Crippen LogP contribution in [-0.2, 0) is 21.1 Å². The van der Waals surface area contributed by atoms with Crippen molar-refractivity contribution in [3.8, 4) is 0 Å². The summed E-state index contributed by atoms with van der Waals surface area (Å²) in [7, 11) is 4.60. The summed E-state index contributed by atoms with van der Waals surface area (Å²) in [4.78, 5) is 27.3. The molecular formula is C14H14ClFN4O2. The lowest BCUT2D eigenvalue weighted by Crippen LogP contribution is -2.37. The van der Waals surface area contributed by atoms with Gasteiger partial charge in [-0.3, -0.25) is 13.9 Å². The second-order valence-electron chi connectivity index (χ2n) is 4.61. The highest BCUT2D eigenvalue weighted by Gasteiger charge is 2.15. The third-order valence-corrected chi connectivity index (χ3v) is 3.49. The molecule has 0 fully saturated rings. The third-order valence-electron chi connectivity index (χ3n) is 3.15. The molecule has 0 aliphatic heterocycles. The molecule has 0 amide bonds. The molecule has 0 saturated heterocycles. The summed E-state index contributed by atoms with van der Waals surface area (Å²) >= 11 is 5.79. The lowest BCUT2D eigenvalue weighted by atomic mass is 10.4. The summed E-state index contributed by atoms with van der Waals surface area (Å²) in [5.74, 6) is -0.178. The van der Waals surface area contributed by atoms with Crippen LogP contribution in [0.5, 0.6) is 0 Å². The molecule has 0 bridgehead atoms. The smallest absolute Gasteiger partial charge is 0.312 e. The molecule has 0 aliphatic rings. The standard InChI is InChI=1S/C8H9ClN4O2.C6H5F/c1-11-4-5(10-7(11)9)12(2)8(15)13(3)6(4)14;7-6-4-2-1-3-5-6/h1-3H3;1-5H. The van der Waals surface area contributed by atoms with Crippen molar-refractivity contribution < 1.29 is 4.39 Å². The summed E-state index contributed by atoms with van der Waals surface area (Å²) < 4.78 is 15.7. The number of fused-ring (bicyclic) bond motifs is 1. The monoisotopic (exact) mass is 324 g/mol. The second kappa shape index (κ2) is 6.15. The van der Waals surface area contributed by atoms with E-state index >= 15 is 0 Å². The number of imidazole rings is 1. The van der Waals surface area contributed by atoms with Crippen molar-refractivity contribution in [1.82, 2.24) is 18.7 Å². The third kappa shape index (κ3) is 2.80. The van der Waals surface area contributed by atoms with Crippen LogP contribution < -0.4 is 11.2 Å². The number of aromatic nitrogens is 4. The van der Waals surface area contributed by atoms with Gasteiger partial charge in [0.2, 0.25) is 5.28 Å². The summed E-state index contributed by atoms with van der Waals surface area (Å²) in [6, 6.07) is 7.94. The maximum absolute atomic E-state index is 11.9. The normalized spacial score (nSPS) is 10.4. The van der Waals surface area contributed by atoms with Crippen LogP contribution >= 0.6 is 11.6 Å². The van der Waals surface area contributed by atoms with Crippen LogP contribution in [0.15, 0.2) is 39.9 Å². The van der Waals surface area contributed by atoms with Crippen LogP contribution in [0.25, 0.3) is 11.2 Å². The lowest BCUT2D eigenvalue weighted by molar-refractivity contribution is 0.628. The van der Waals surface area contributed by atoms with Gasteiger partial charge in [-0.1, -0.05) is 18.2 Å². The van der Waals surface area contributed by atoms with Gasteiger partial charge < -0.3 is 4.57 Å². The van der Waals surface area contributed by atoms with Crippen molar-refractivity contribution in [3.63, 3.8) is 0 Å². The van der Waals surface area contributed by atoms with E-state index in [-0.39, 0.29) is 11.1 Å². The van der Waals surface area contributed by atoms with Crippen LogP contribution in [0, 0.1) is 5.82 Å². The fraction of sp³-hybridized carbons (Fsp3) is 0.214. The van der Waals surface area contributed by atoms with Gasteiger partial charge in [-0.2, -0.15) is 4.98 Å². The van der Waals surface area contributed by atoms with Gasteiger partial charge >= 0.3 is 5.69 Å². The van der Waals surface area contributed by atoms with Gasteiger partial charge in [0, 0.05) is 21.1 Å². The molecule has 0 spiro atoms. The highest BCUT2D eigenvalue weighted by Crippen LogP contribution is 2.12. The number of halogens is 2. The molecule has 22 heavy (non-hydrogen) atoms. The van der Waals surface area contributed by atoms with E-state index in [0.717, 1.165) is 4.57 Å². The zero-order chi connectivity index (χ0) is 16.4. The highest BCUT2D eigenvalue weighted by molar-refractivity contribution is 6.29. The number of benzene rings is 1. The van der Waals surface area contributed by atoms with Crippen molar-refractivity contribution >= 4 is 22.8 Å². The summed E-state index contributed by atoms with van der Waals surface area (Å²) in [6.45, 7) is 0. The van der Waals surface area contributed by atoms with Crippen molar-refractivity contribution in [2.75, 3.05) is 0 Å². The molecule has 0 unspecified atom stereocenters. The average Bonchev–Trinajstić information content (AvgIpc) is 2.80. The Morgan fingerprint density at radius 2 is 1.59 bits per heavy atom. The molecule has 2 heterocycles. The minimum Gasteiger partial charge on any atom is -0.312 e. The number of aryl methyl sites for hydroxylation is 2. The zero-order valence-electron chi connectivity index (χ0n) is 12.2. The molecule has 6 nitrogen and oxygen atoms in total. The van der Waals surface area contributed by atoms with Crippen LogP contribution in [0.4, 0.5) is 4.39 Å². The molecule has 0 radical (unpaired) electrons. The molecule has 0 aliphatic carbocycles. The first kappa shape index (κ1) is 16.0. The quantitative estimate of drug-likeness (QED) is 0.588. The fourth-order valence-electron chi connectivity index (χ4n) is 1.91. The molecule has 3 rings (SSSR count). The van der Waals surface area contributed by atoms with Gasteiger partial charge in [-0.15, -0.1) is 0 Å². The fourth-order valence-corrected chi connectivity index (χ4v) is 2.07. The minimum absolute atomic E-state index is 0.178. The molecule has 116 valence electrons. The molecule has 3 aromatic rings. The molecule has 0 atom stereocenters. The minimum atomic E-state index is -0.415. The number of hydrogen-bond acceptors (Lipinski definition) is 3. The average molecular weight is 325 g/mol. The van der Waals surface area contributed by atoms with Crippen molar-refractivity contribution in [2.45, 2.75) is 0 Å². The van der Waals surface area contributed by atoms with E-state index < -0.39 is 11.2 Å². The Bertz CT molecular complexity index is 928. The Labute approximate surface area is 130 Å². The maximum Gasteiger partial charge on any atom is 0.332 e. The van der Waals surface area contributed by atoms with E-state index in [0.29, 0.717) is 11.2 Å². The molecule has 0 saturated carbocycles. The second-order valence-corrected chi connectivity index (χ2v) is 4.95. The Morgan fingerprint density at radius 1 is 1.00 bits per heavy atom. The van der Waals surface area contributed by atoms with Crippen molar-refractivity contribution in [3.05, 3.63) is 62.3 Å². The van der Waals surface area contributed by atoms with Gasteiger partial charge in [0.05, 0.1) is 0 Å². The van der Waals surface area contributed by atoms with Crippen LogP contribution in [0.1, 0.15) is 0 Å². The first-order valence-electron chi connectivity index (χ1n) is 6.33. The van der Waals surface area contributed by atoms with Gasteiger partial charge in [0.25, 0.3) is 5.56 Å². The molecule has 8 heteroatoms. The first-order chi connectivity index (χ1) is 10.3. The van der Waals surface area contributed by atoms with Gasteiger partial charge in [0.1, 0.15) is 5.82 Å². The van der Waals surface area contributed by atoms with E-state index in [2.05, 4.69) is 4.98 Å². The summed E-state index contributed by atoms with van der Waals surface area (Å²) in [6.07, 6.45) is 0. The van der Waals surface area contributed by atoms with Crippen molar-refractivity contribution in [2.24, 2.45) is 21.1 Å². The zero-order valence-corrected chi connectivity index (χ0v) is 13.0. The lowest BCUT2D eigenvalue weighted by Gasteiger charge is -2.02. The van der Waals surface area contributed by atoms with E-state index in [1.165, 1.54) is 28.3 Å². The molecule has 0 N–H and O–H groups in total. The number of hydrogen-bond donors (Lipinski definition) is 0. The Kier molecular flexibility index (Phi) is 4.46. The van der Waals surface area contributed by atoms with E-state index in [4.69, 9.17) is 11.6 Å². The number of rotatable bonds is 0. The molecular weight excluding hydrogens is 311 g/mol. The largest absolute Gasteiger partial charge is 0.332 e. The number of nitrogens with zero attached hydrogens (tertiary/aromatic N) is 4. The predicted octanol–water partition coefficient (Wildman–Crippen LogP) is 1.45. The van der Waals surface area contributed by atoms with Crippen molar-refractivity contribution in [1.29, 1.82) is 0 Å². The Hall–Kier alpha value is -2.41. The highest BCUT2D eigenvalue weighted by atomic mass is 35.5. The topological polar surface area (TPSA) is 61.8 Å². The molecule has 1 aromatic carbocycles. The SMILES string of the molecule is Cn1c(=O)c2c(nc(Cl)n2C)n(C)c1=O.Fc1ccccc1. The van der Waals surface area contributed by atoms with E-state index in [1.807, 2.05) is 0 Å². The van der Waals surface area contributed by atoms with Crippen LogP contribution in [0.2, 0.25) is 5.28 Å². The van der Waals surface area contributed by atoms with Gasteiger partial charge in [0.15, 0.2) is 11.2 Å². The summed E-state index contributed by atoms with van der Waals surface area (Å²) in [5.41, 5.74) is -0.183. The maximum atomic E-state index is 11.9. The Morgan fingerprint density at radius 3 is 2.09 bits per heavy atom. The van der Waals surface area contributed by atoms with Gasteiger partial charge in [-0.05, 0) is 23.7 Å². The first-order valence-corrected chi connectivity index (χ1v) is 6.71. The van der Waals surface area contributed by atoms with Gasteiger partial charge in [-0.25, -0.2) is 9.18 Å².